The molecule has 0 bridgehead atoms. The van der Waals surface area contributed by atoms with Crippen LogP contribution in [-0.4, -0.2) is 18.9 Å². The third-order valence-electron chi connectivity index (χ3n) is 4.99. The van der Waals surface area contributed by atoms with Crippen molar-refractivity contribution in [1.82, 2.24) is 5.43 Å². The lowest BCUT2D eigenvalue weighted by Gasteiger charge is -2.17. The van der Waals surface area contributed by atoms with Gasteiger partial charge in [-0.1, -0.05) is 54.6 Å². The van der Waals surface area contributed by atoms with Crippen molar-refractivity contribution in [3.8, 4) is 11.5 Å². The number of fused-ring (bicyclic) bond motifs is 1. The minimum absolute atomic E-state index is 0.142. The highest BCUT2D eigenvalue weighted by Gasteiger charge is 2.21. The van der Waals surface area contributed by atoms with E-state index in [1.54, 1.807) is 6.21 Å². The van der Waals surface area contributed by atoms with E-state index in [1.807, 2.05) is 60.7 Å². The van der Waals surface area contributed by atoms with Crippen molar-refractivity contribution in [2.45, 2.75) is 19.3 Å². The SMILES string of the molecule is Cc1ccccc1CC(C(=O)NN=Cc1ccc2c(c1)OCO2)c1ccccc1. The summed E-state index contributed by atoms with van der Waals surface area (Å²) < 4.78 is 10.7. The monoisotopic (exact) mass is 386 g/mol. The molecule has 1 heterocycles. The molecule has 146 valence electrons. The van der Waals surface area contributed by atoms with Gasteiger partial charge in [0, 0.05) is 0 Å². The van der Waals surface area contributed by atoms with Crippen LogP contribution in [-0.2, 0) is 11.2 Å². The molecule has 0 saturated carbocycles. The number of carbonyl (C=O) groups is 1. The summed E-state index contributed by atoms with van der Waals surface area (Å²) in [5, 5.41) is 4.16. The molecule has 1 N–H and O–H groups in total. The highest BCUT2D eigenvalue weighted by molar-refractivity contribution is 5.86. The van der Waals surface area contributed by atoms with Gasteiger partial charge in [-0.25, -0.2) is 5.43 Å². The fraction of sp³-hybridized carbons (Fsp3) is 0.167. The zero-order chi connectivity index (χ0) is 20.1. The van der Waals surface area contributed by atoms with Gasteiger partial charge in [-0.05, 0) is 53.8 Å². The van der Waals surface area contributed by atoms with E-state index in [1.165, 1.54) is 5.56 Å². The average Bonchev–Trinajstić information content (AvgIpc) is 3.21. The third-order valence-corrected chi connectivity index (χ3v) is 4.99. The summed E-state index contributed by atoms with van der Waals surface area (Å²) in [6, 6.07) is 23.5. The van der Waals surface area contributed by atoms with E-state index in [4.69, 9.17) is 9.47 Å². The van der Waals surface area contributed by atoms with Gasteiger partial charge in [0.1, 0.15) is 0 Å². The van der Waals surface area contributed by atoms with Crippen LogP contribution in [0.1, 0.15) is 28.2 Å². The van der Waals surface area contributed by atoms with Crippen molar-refractivity contribution < 1.29 is 14.3 Å². The first kappa shape index (κ1) is 18.7. The predicted octanol–water partition coefficient (Wildman–Crippen LogP) is 4.20. The Hall–Kier alpha value is -3.60. The van der Waals surface area contributed by atoms with Crippen LogP contribution in [0.2, 0.25) is 0 Å². The Morgan fingerprint density at radius 1 is 1.03 bits per heavy atom. The summed E-state index contributed by atoms with van der Waals surface area (Å²) in [7, 11) is 0. The van der Waals surface area contributed by atoms with Crippen molar-refractivity contribution in [3.05, 3.63) is 95.1 Å². The second-order valence-electron chi connectivity index (χ2n) is 6.94. The van der Waals surface area contributed by atoms with Crippen LogP contribution >= 0.6 is 0 Å². The number of hydrogen-bond donors (Lipinski definition) is 1. The maximum atomic E-state index is 13.0. The van der Waals surface area contributed by atoms with Crippen molar-refractivity contribution >= 4 is 12.1 Å². The number of hydrogen-bond acceptors (Lipinski definition) is 4. The molecule has 5 nitrogen and oxygen atoms in total. The van der Waals surface area contributed by atoms with Crippen LogP contribution in [0.3, 0.4) is 0 Å². The Balaban J connectivity index is 1.50. The molecule has 1 atom stereocenters. The number of nitrogens with one attached hydrogen (secondary N) is 1. The molecule has 0 spiro atoms. The van der Waals surface area contributed by atoms with Crippen molar-refractivity contribution in [1.29, 1.82) is 0 Å². The summed E-state index contributed by atoms with van der Waals surface area (Å²) in [6.45, 7) is 2.29. The molecule has 4 rings (SSSR count). The highest BCUT2D eigenvalue weighted by Crippen LogP contribution is 2.32. The van der Waals surface area contributed by atoms with Gasteiger partial charge in [0.2, 0.25) is 12.7 Å². The van der Waals surface area contributed by atoms with Gasteiger partial charge in [-0.2, -0.15) is 5.10 Å². The van der Waals surface area contributed by atoms with E-state index < -0.39 is 0 Å². The summed E-state index contributed by atoms with van der Waals surface area (Å²) >= 11 is 0. The van der Waals surface area contributed by atoms with Crippen LogP contribution in [0.25, 0.3) is 0 Å². The minimum Gasteiger partial charge on any atom is -0.454 e. The van der Waals surface area contributed by atoms with E-state index in [2.05, 4.69) is 29.6 Å². The topological polar surface area (TPSA) is 59.9 Å². The molecule has 1 aliphatic heterocycles. The zero-order valence-electron chi connectivity index (χ0n) is 16.2. The van der Waals surface area contributed by atoms with E-state index >= 15 is 0 Å². The van der Waals surface area contributed by atoms with Gasteiger partial charge >= 0.3 is 0 Å². The van der Waals surface area contributed by atoms with Gasteiger partial charge in [0.05, 0.1) is 12.1 Å². The van der Waals surface area contributed by atoms with E-state index in [-0.39, 0.29) is 18.6 Å². The molecule has 5 heteroatoms. The number of hydrazone groups is 1. The summed E-state index contributed by atoms with van der Waals surface area (Å²) in [6.07, 6.45) is 2.22. The normalized spacial score (nSPS) is 13.4. The van der Waals surface area contributed by atoms with Crippen molar-refractivity contribution in [2.75, 3.05) is 6.79 Å². The molecular weight excluding hydrogens is 364 g/mol. The Morgan fingerprint density at radius 2 is 1.79 bits per heavy atom. The first-order chi connectivity index (χ1) is 14.2. The number of rotatable bonds is 6. The molecule has 1 aliphatic rings. The molecule has 3 aromatic rings. The van der Waals surface area contributed by atoms with Crippen molar-refractivity contribution in [3.63, 3.8) is 0 Å². The predicted molar refractivity (Wildman–Crippen MR) is 112 cm³/mol. The van der Waals surface area contributed by atoms with E-state index in [0.29, 0.717) is 17.9 Å². The number of carbonyl (C=O) groups excluding carboxylic acids is 1. The highest BCUT2D eigenvalue weighted by atomic mass is 16.7. The maximum absolute atomic E-state index is 13.0. The fourth-order valence-electron chi connectivity index (χ4n) is 3.35. The fourth-order valence-corrected chi connectivity index (χ4v) is 3.35. The molecule has 0 aromatic heterocycles. The number of amides is 1. The molecular formula is C24H22N2O3. The summed E-state index contributed by atoms with van der Waals surface area (Å²) in [4.78, 5) is 13.0. The largest absolute Gasteiger partial charge is 0.454 e. The van der Waals surface area contributed by atoms with Crippen LogP contribution in [0, 0.1) is 6.92 Å². The molecule has 29 heavy (non-hydrogen) atoms. The lowest BCUT2D eigenvalue weighted by Crippen LogP contribution is -2.27. The van der Waals surface area contributed by atoms with Crippen LogP contribution < -0.4 is 14.9 Å². The minimum atomic E-state index is -0.328. The molecule has 1 unspecified atom stereocenters. The Morgan fingerprint density at radius 3 is 2.62 bits per heavy atom. The Bertz CT molecular complexity index is 1030. The summed E-state index contributed by atoms with van der Waals surface area (Å²) in [5.74, 6) is 0.929. The van der Waals surface area contributed by atoms with Crippen molar-refractivity contribution in [2.24, 2.45) is 5.10 Å². The van der Waals surface area contributed by atoms with Gasteiger partial charge in [-0.15, -0.1) is 0 Å². The first-order valence-corrected chi connectivity index (χ1v) is 9.53. The van der Waals surface area contributed by atoms with Crippen LogP contribution in [0.15, 0.2) is 77.9 Å². The third kappa shape index (κ3) is 4.46. The second kappa shape index (κ2) is 8.61. The van der Waals surface area contributed by atoms with E-state index in [9.17, 15) is 4.79 Å². The number of aryl methyl sites for hydroxylation is 1. The quantitative estimate of drug-likeness (QED) is 0.510. The van der Waals surface area contributed by atoms with Gasteiger partial charge in [0.25, 0.3) is 0 Å². The maximum Gasteiger partial charge on any atom is 0.247 e. The Kier molecular flexibility index (Phi) is 5.56. The first-order valence-electron chi connectivity index (χ1n) is 9.53. The number of ether oxygens (including phenoxy) is 2. The second-order valence-corrected chi connectivity index (χ2v) is 6.94. The smallest absolute Gasteiger partial charge is 0.247 e. The van der Waals surface area contributed by atoms with Gasteiger partial charge < -0.3 is 9.47 Å². The van der Waals surface area contributed by atoms with Gasteiger partial charge in [-0.3, -0.25) is 4.79 Å². The number of benzene rings is 3. The molecule has 1 amide bonds. The summed E-state index contributed by atoms with van der Waals surface area (Å²) in [5.41, 5.74) is 6.80. The zero-order valence-corrected chi connectivity index (χ0v) is 16.2. The van der Waals surface area contributed by atoms with Gasteiger partial charge in [0.15, 0.2) is 11.5 Å². The molecule has 0 aliphatic carbocycles. The molecule has 0 fully saturated rings. The molecule has 3 aromatic carbocycles. The molecule has 0 radical (unpaired) electrons. The molecule has 0 saturated heterocycles. The van der Waals surface area contributed by atoms with Crippen LogP contribution in [0.4, 0.5) is 0 Å². The number of nitrogens with zero attached hydrogens (tertiary/aromatic N) is 1. The standard InChI is InChI=1S/C24H22N2O3/c1-17-7-5-6-10-20(17)14-21(19-8-3-2-4-9-19)24(27)26-25-15-18-11-12-22-23(13-18)29-16-28-22/h2-13,15,21H,14,16H2,1H3,(H,26,27). The van der Waals surface area contributed by atoms with Crippen LogP contribution in [0.5, 0.6) is 11.5 Å². The lowest BCUT2D eigenvalue weighted by atomic mass is 9.90. The Labute approximate surface area is 170 Å². The average molecular weight is 386 g/mol. The lowest BCUT2D eigenvalue weighted by molar-refractivity contribution is -0.122. The van der Waals surface area contributed by atoms with E-state index in [0.717, 1.165) is 16.7 Å².